The maximum Gasteiger partial charge on any atom is 0.251 e. The van der Waals surface area contributed by atoms with Gasteiger partial charge in [-0.25, -0.2) is 0 Å². The van der Waals surface area contributed by atoms with Crippen LogP contribution < -0.4 is 5.32 Å². The molecule has 3 heteroatoms. The van der Waals surface area contributed by atoms with Crippen molar-refractivity contribution in [3.8, 4) is 0 Å². The molecule has 0 bridgehead atoms. The summed E-state index contributed by atoms with van der Waals surface area (Å²) in [7, 11) is 0. The number of hydrogen-bond donors (Lipinski definition) is 1. The van der Waals surface area contributed by atoms with Gasteiger partial charge in [-0.1, -0.05) is 38.5 Å². The number of nitrogens with one attached hydrogen (secondary N) is 1. The van der Waals surface area contributed by atoms with Crippen LogP contribution in [0.2, 0.25) is 0 Å². The number of amides is 1. The molecule has 1 aromatic rings. The average molecular weight is 253 g/mol. The predicted molar refractivity (Wildman–Crippen MR) is 78.1 cm³/mol. The summed E-state index contributed by atoms with van der Waals surface area (Å²) in [4.78, 5) is 11.6. The summed E-state index contributed by atoms with van der Waals surface area (Å²) in [6.45, 7) is 9.95. The molecule has 3 nitrogen and oxygen atoms in total. The van der Waals surface area contributed by atoms with Crippen molar-refractivity contribution in [3.05, 3.63) is 35.4 Å². The third-order valence-corrected chi connectivity index (χ3v) is 2.19. The highest BCUT2D eigenvalue weighted by atomic mass is 16.5. The van der Waals surface area contributed by atoms with Crippen molar-refractivity contribution in [2.75, 3.05) is 19.8 Å². The van der Waals surface area contributed by atoms with Gasteiger partial charge in [-0.2, -0.15) is 0 Å². The van der Waals surface area contributed by atoms with Gasteiger partial charge in [0.2, 0.25) is 0 Å². The Morgan fingerprint density at radius 3 is 2.39 bits per heavy atom. The second kappa shape index (κ2) is 10.8. The van der Waals surface area contributed by atoms with E-state index >= 15 is 0 Å². The van der Waals surface area contributed by atoms with Crippen LogP contribution in [0, 0.1) is 6.92 Å². The van der Waals surface area contributed by atoms with Crippen LogP contribution in [0.15, 0.2) is 24.3 Å². The van der Waals surface area contributed by atoms with Crippen molar-refractivity contribution < 1.29 is 11.0 Å². The summed E-state index contributed by atoms with van der Waals surface area (Å²) in [5.74, 6) is -0.0416. The molecule has 0 aliphatic heterocycles. The largest absolute Gasteiger partial charge is 0.380 e. The lowest BCUT2D eigenvalue weighted by Crippen LogP contribution is -2.27. The molecular formula is C15H27NO2. The number of carbonyl (C=O) groups excluding carboxylic acids is 1. The number of carbonyl (C=O) groups is 1. The van der Waals surface area contributed by atoms with Crippen LogP contribution in [0.5, 0.6) is 0 Å². The quantitative estimate of drug-likeness (QED) is 0.789. The van der Waals surface area contributed by atoms with E-state index in [1.165, 1.54) is 0 Å². The second-order valence-electron chi connectivity index (χ2n) is 3.73. The monoisotopic (exact) mass is 253 g/mol. The second-order valence-corrected chi connectivity index (χ2v) is 3.73. The first-order valence-corrected chi connectivity index (χ1v) is 6.66. The van der Waals surface area contributed by atoms with E-state index < -0.39 is 0 Å². The van der Waals surface area contributed by atoms with Crippen LogP contribution in [0.1, 0.15) is 44.5 Å². The molecule has 0 aromatic heterocycles. The summed E-state index contributed by atoms with van der Waals surface area (Å²) in [6.07, 6.45) is 1.01. The lowest BCUT2D eigenvalue weighted by molar-refractivity contribution is 0.0915. The van der Waals surface area contributed by atoms with Gasteiger partial charge >= 0.3 is 0 Å². The number of rotatable bonds is 6. The van der Waals surface area contributed by atoms with E-state index in [1.54, 1.807) is 0 Å². The maximum absolute atomic E-state index is 11.6. The van der Waals surface area contributed by atoms with Crippen LogP contribution in [-0.4, -0.2) is 25.7 Å². The Morgan fingerprint density at radius 2 is 1.83 bits per heavy atom. The molecule has 0 atom stereocenters. The molecule has 1 N–H and O–H groups in total. The number of aryl methyl sites for hydroxylation is 1. The van der Waals surface area contributed by atoms with Gasteiger partial charge in [-0.3, -0.25) is 4.79 Å². The molecule has 0 heterocycles. The molecule has 1 aromatic carbocycles. The zero-order chi connectivity index (χ0) is 13.8. The van der Waals surface area contributed by atoms with E-state index in [2.05, 4.69) is 12.2 Å². The van der Waals surface area contributed by atoms with E-state index in [4.69, 9.17) is 4.74 Å². The topological polar surface area (TPSA) is 38.3 Å². The summed E-state index contributed by atoms with van der Waals surface area (Å²) in [5.41, 5.74) is 1.85. The third-order valence-electron chi connectivity index (χ3n) is 2.19. The van der Waals surface area contributed by atoms with Crippen molar-refractivity contribution in [1.82, 2.24) is 5.32 Å². The fourth-order valence-corrected chi connectivity index (χ4v) is 1.29. The van der Waals surface area contributed by atoms with Crippen LogP contribution in [0.3, 0.4) is 0 Å². The van der Waals surface area contributed by atoms with Crippen molar-refractivity contribution in [1.29, 1.82) is 0 Å². The molecule has 1 amide bonds. The highest BCUT2D eigenvalue weighted by Gasteiger charge is 2.03. The lowest BCUT2D eigenvalue weighted by Gasteiger charge is -2.05. The minimum absolute atomic E-state index is 0. The molecular weight excluding hydrogens is 226 g/mol. The summed E-state index contributed by atoms with van der Waals surface area (Å²) in [6, 6.07) is 7.53. The zero-order valence-electron chi connectivity index (χ0n) is 12.0. The molecule has 0 unspecified atom stereocenters. The van der Waals surface area contributed by atoms with Gasteiger partial charge in [0.25, 0.3) is 5.91 Å². The van der Waals surface area contributed by atoms with Crippen molar-refractivity contribution in [2.24, 2.45) is 0 Å². The van der Waals surface area contributed by atoms with E-state index in [9.17, 15) is 4.79 Å². The van der Waals surface area contributed by atoms with Gasteiger partial charge in [0.1, 0.15) is 0 Å². The first kappa shape index (κ1) is 16.6. The van der Waals surface area contributed by atoms with Gasteiger partial charge in [-0.15, -0.1) is 0 Å². The minimum Gasteiger partial charge on any atom is -0.380 e. The Hall–Kier alpha value is -1.35. The fraction of sp³-hybridized carbons (Fsp3) is 0.533. The molecule has 0 fully saturated rings. The summed E-state index contributed by atoms with van der Waals surface area (Å²) < 4.78 is 5.27. The molecule has 0 radical (unpaired) electrons. The normalized spacial score (nSPS) is 9.33. The third kappa shape index (κ3) is 7.07. The predicted octanol–water partition coefficient (Wildman–Crippen LogP) is 3.42. The van der Waals surface area contributed by atoms with Gasteiger partial charge in [0.15, 0.2) is 0 Å². The Labute approximate surface area is 112 Å². The summed E-state index contributed by atoms with van der Waals surface area (Å²) in [5, 5.41) is 2.81. The average Bonchev–Trinajstić information content (AvgIpc) is 2.41. The lowest BCUT2D eigenvalue weighted by atomic mass is 10.1. The molecule has 0 aliphatic rings. The van der Waals surface area contributed by atoms with E-state index in [0.717, 1.165) is 18.6 Å². The SMILES string of the molecule is CC.CCCOCCNC(=O)c1ccc(C)cc1.[HH]. The van der Waals surface area contributed by atoms with Crippen molar-refractivity contribution in [2.45, 2.75) is 34.1 Å². The van der Waals surface area contributed by atoms with Gasteiger partial charge in [0, 0.05) is 20.1 Å². The van der Waals surface area contributed by atoms with Crippen LogP contribution >= 0.6 is 0 Å². The first-order chi connectivity index (χ1) is 8.74. The zero-order valence-corrected chi connectivity index (χ0v) is 12.0. The highest BCUT2D eigenvalue weighted by molar-refractivity contribution is 5.94. The minimum atomic E-state index is -0.0416. The molecule has 1 rings (SSSR count). The molecule has 0 saturated carbocycles. The molecule has 18 heavy (non-hydrogen) atoms. The Bertz CT molecular complexity index is 325. The van der Waals surface area contributed by atoms with Crippen molar-refractivity contribution >= 4 is 5.91 Å². The van der Waals surface area contributed by atoms with Gasteiger partial charge in [0.05, 0.1) is 6.61 Å². The number of benzene rings is 1. The first-order valence-electron chi connectivity index (χ1n) is 6.66. The number of hydrogen-bond acceptors (Lipinski definition) is 2. The summed E-state index contributed by atoms with van der Waals surface area (Å²) >= 11 is 0. The van der Waals surface area contributed by atoms with E-state index in [0.29, 0.717) is 18.7 Å². The Kier molecular flexibility index (Phi) is 9.97. The van der Waals surface area contributed by atoms with Crippen LogP contribution in [0.25, 0.3) is 0 Å². The van der Waals surface area contributed by atoms with Gasteiger partial charge < -0.3 is 10.1 Å². The van der Waals surface area contributed by atoms with E-state index in [-0.39, 0.29) is 7.33 Å². The number of ether oxygens (including phenoxy) is 1. The molecule has 104 valence electrons. The maximum atomic E-state index is 11.6. The molecule has 0 aliphatic carbocycles. The molecule has 0 spiro atoms. The Balaban J connectivity index is 0. The van der Waals surface area contributed by atoms with Gasteiger partial charge in [-0.05, 0) is 25.5 Å². The van der Waals surface area contributed by atoms with Crippen LogP contribution in [0.4, 0.5) is 0 Å². The molecule has 0 saturated heterocycles. The van der Waals surface area contributed by atoms with Crippen LogP contribution in [-0.2, 0) is 4.74 Å². The van der Waals surface area contributed by atoms with E-state index in [1.807, 2.05) is 45.0 Å². The smallest absolute Gasteiger partial charge is 0.251 e. The standard InChI is InChI=1S/C13H19NO2.C2H6.H2/c1-3-9-16-10-8-14-13(15)12-6-4-11(2)5-7-12;1-2;/h4-7H,3,8-10H2,1-2H3,(H,14,15);1-2H3;1H. The Morgan fingerprint density at radius 1 is 1.22 bits per heavy atom. The fourth-order valence-electron chi connectivity index (χ4n) is 1.29. The highest BCUT2D eigenvalue weighted by Crippen LogP contribution is 2.02. The van der Waals surface area contributed by atoms with Crippen molar-refractivity contribution in [3.63, 3.8) is 0 Å².